The van der Waals surface area contributed by atoms with Gasteiger partial charge in [0.15, 0.2) is 0 Å². The van der Waals surface area contributed by atoms with E-state index in [2.05, 4.69) is 32.4 Å². The fourth-order valence-corrected chi connectivity index (χ4v) is 3.07. The summed E-state index contributed by atoms with van der Waals surface area (Å²) < 4.78 is 5.04. The molecule has 3 rings (SSSR count). The van der Waals surface area contributed by atoms with Gasteiger partial charge in [0, 0.05) is 25.5 Å². The number of benzene rings is 1. The van der Waals surface area contributed by atoms with Crippen LogP contribution >= 0.6 is 0 Å². The largest absolute Gasteiger partial charge is 0.385 e. The molecule has 3 N–H and O–H groups in total. The van der Waals surface area contributed by atoms with Crippen molar-refractivity contribution in [3.05, 3.63) is 72.4 Å². The van der Waals surface area contributed by atoms with Crippen LogP contribution in [-0.2, 0) is 11.2 Å². The van der Waals surface area contributed by atoms with Crippen molar-refractivity contribution in [1.29, 1.82) is 0 Å². The van der Waals surface area contributed by atoms with Gasteiger partial charge in [-0.25, -0.2) is 15.8 Å². The lowest BCUT2D eigenvalue weighted by atomic mass is 10.1. The summed E-state index contributed by atoms with van der Waals surface area (Å²) in [5.41, 5.74) is 3.43. The second kappa shape index (κ2) is 11.8. The number of ether oxygens (including phenoxy) is 1. The Labute approximate surface area is 182 Å². The summed E-state index contributed by atoms with van der Waals surface area (Å²) >= 11 is 0. The van der Waals surface area contributed by atoms with Gasteiger partial charge < -0.3 is 10.1 Å². The predicted molar refractivity (Wildman–Crippen MR) is 120 cm³/mol. The molecule has 0 bridgehead atoms. The Hall–Kier alpha value is -3.20. The smallest absolute Gasteiger partial charge is 0.292 e. The van der Waals surface area contributed by atoms with Gasteiger partial charge in [-0.15, -0.1) is 0 Å². The van der Waals surface area contributed by atoms with Crippen molar-refractivity contribution in [3.8, 4) is 11.3 Å². The minimum Gasteiger partial charge on any atom is -0.385 e. The zero-order valence-corrected chi connectivity index (χ0v) is 17.7. The third-order valence-electron chi connectivity index (χ3n) is 4.77. The minimum atomic E-state index is -0.447. The highest BCUT2D eigenvalue weighted by Gasteiger charge is 2.17. The Morgan fingerprint density at radius 3 is 2.61 bits per heavy atom. The maximum Gasteiger partial charge on any atom is 0.292 e. The number of hydrogen-bond acceptors (Lipinski definition) is 7. The number of rotatable bonds is 11. The van der Waals surface area contributed by atoms with E-state index in [9.17, 15) is 4.79 Å². The highest BCUT2D eigenvalue weighted by atomic mass is 16.5. The first-order valence-corrected chi connectivity index (χ1v) is 10.3. The van der Waals surface area contributed by atoms with Crippen molar-refractivity contribution in [2.45, 2.75) is 19.3 Å². The third kappa shape index (κ3) is 6.65. The van der Waals surface area contributed by atoms with Gasteiger partial charge in [-0.3, -0.25) is 14.8 Å². The van der Waals surface area contributed by atoms with Gasteiger partial charge in [-0.2, -0.15) is 0 Å². The van der Waals surface area contributed by atoms with Gasteiger partial charge in [-0.05, 0) is 50.0 Å². The number of carbonyl (C=O) groups is 1. The summed E-state index contributed by atoms with van der Waals surface area (Å²) in [7, 11) is 1.72. The Morgan fingerprint density at radius 2 is 1.87 bits per heavy atom. The van der Waals surface area contributed by atoms with E-state index in [4.69, 9.17) is 10.6 Å². The number of pyridine rings is 1. The van der Waals surface area contributed by atoms with Gasteiger partial charge in [0.25, 0.3) is 5.91 Å². The average molecular weight is 421 g/mol. The fraction of sp³-hybridized carbons (Fsp3) is 0.304. The lowest BCUT2D eigenvalue weighted by Crippen LogP contribution is -2.38. The fourth-order valence-electron chi connectivity index (χ4n) is 3.07. The molecule has 2 aromatic heterocycles. The minimum absolute atomic E-state index is 0.174. The summed E-state index contributed by atoms with van der Waals surface area (Å²) in [5, 5.41) is 4.44. The van der Waals surface area contributed by atoms with Crippen LogP contribution in [0.4, 0.5) is 5.69 Å². The molecule has 0 fully saturated rings. The molecule has 3 aromatic rings. The number of amides is 1. The second-order valence-corrected chi connectivity index (χ2v) is 7.07. The molecule has 0 radical (unpaired) electrons. The van der Waals surface area contributed by atoms with Crippen LogP contribution in [0.3, 0.4) is 0 Å². The molecule has 0 saturated heterocycles. The number of nitrogens with two attached hydrogens (primary N) is 1. The molecule has 0 spiro atoms. The van der Waals surface area contributed by atoms with Crippen molar-refractivity contribution in [2.75, 3.05) is 31.8 Å². The van der Waals surface area contributed by atoms with Gasteiger partial charge in [0.2, 0.25) is 0 Å². The first-order chi connectivity index (χ1) is 15.2. The summed E-state index contributed by atoms with van der Waals surface area (Å²) in [4.78, 5) is 25.3. The van der Waals surface area contributed by atoms with Crippen molar-refractivity contribution in [2.24, 2.45) is 5.84 Å². The number of nitrogens with zero attached hydrogens (tertiary/aromatic N) is 4. The van der Waals surface area contributed by atoms with Crippen LogP contribution in [-0.4, -0.2) is 47.7 Å². The van der Waals surface area contributed by atoms with Crippen molar-refractivity contribution < 1.29 is 9.53 Å². The molecular formula is C23H28N6O2. The van der Waals surface area contributed by atoms with E-state index >= 15 is 0 Å². The number of aryl methyl sites for hydroxylation is 1. The van der Waals surface area contributed by atoms with Crippen LogP contribution in [0.25, 0.3) is 11.3 Å². The van der Waals surface area contributed by atoms with E-state index in [1.807, 2.05) is 12.1 Å². The number of methoxy groups -OCH3 is 1. The number of hydrogen-bond donors (Lipinski definition) is 2. The molecular weight excluding hydrogens is 392 g/mol. The molecule has 2 heterocycles. The monoisotopic (exact) mass is 420 g/mol. The first-order valence-electron chi connectivity index (χ1n) is 10.3. The number of aromatic nitrogens is 3. The molecule has 1 amide bonds. The van der Waals surface area contributed by atoms with E-state index in [0.717, 1.165) is 49.5 Å². The molecule has 0 aliphatic heterocycles. The number of carbonyl (C=O) groups excluding carboxylic acids is 1. The van der Waals surface area contributed by atoms with E-state index < -0.39 is 5.91 Å². The molecule has 31 heavy (non-hydrogen) atoms. The lowest BCUT2D eigenvalue weighted by molar-refractivity contribution is 0.0981. The normalized spacial score (nSPS) is 10.8. The Balaban J connectivity index is 1.57. The second-order valence-electron chi connectivity index (χ2n) is 7.07. The number of nitrogens with one attached hydrogen (secondary N) is 1. The number of hydrazine groups is 1. The topological polar surface area (TPSA) is 106 Å². The molecule has 0 aliphatic rings. The summed E-state index contributed by atoms with van der Waals surface area (Å²) in [6.07, 6.45) is 9.27. The van der Waals surface area contributed by atoms with Gasteiger partial charge in [-0.1, -0.05) is 24.3 Å². The molecule has 8 heteroatoms. The van der Waals surface area contributed by atoms with Crippen LogP contribution in [0.1, 0.15) is 28.9 Å². The molecule has 0 saturated carbocycles. The highest BCUT2D eigenvalue weighted by molar-refractivity contribution is 6.03. The van der Waals surface area contributed by atoms with E-state index in [1.54, 1.807) is 31.6 Å². The Morgan fingerprint density at radius 1 is 1.06 bits per heavy atom. The third-order valence-corrected chi connectivity index (χ3v) is 4.77. The standard InChI is InChI=1S/C23H28N6O2/c1-31-14-4-13-25-11-2-5-18-7-9-19(10-8-18)21-16-27-17-22(28-21)23(30)29(24)20-6-3-12-26-15-20/h3,6-10,12,15-17,25H,2,4-5,11,13-14,24H2,1H3. The predicted octanol–water partition coefficient (Wildman–Crippen LogP) is 2.62. The summed E-state index contributed by atoms with van der Waals surface area (Å²) in [6, 6.07) is 11.6. The van der Waals surface area contributed by atoms with Crippen molar-refractivity contribution in [3.63, 3.8) is 0 Å². The maximum absolute atomic E-state index is 12.7. The molecule has 0 atom stereocenters. The van der Waals surface area contributed by atoms with E-state index in [-0.39, 0.29) is 5.69 Å². The van der Waals surface area contributed by atoms with Gasteiger partial charge in [0.1, 0.15) is 5.69 Å². The van der Waals surface area contributed by atoms with Crippen molar-refractivity contribution in [1.82, 2.24) is 20.3 Å². The summed E-state index contributed by atoms with van der Waals surface area (Å²) in [5.74, 6) is 5.49. The van der Waals surface area contributed by atoms with Gasteiger partial charge in [0.05, 0.1) is 30.0 Å². The zero-order chi connectivity index (χ0) is 21.9. The quantitative estimate of drug-likeness (QED) is 0.213. The van der Waals surface area contributed by atoms with Crippen LogP contribution in [0.15, 0.2) is 61.2 Å². The highest BCUT2D eigenvalue weighted by Crippen LogP contribution is 2.19. The maximum atomic E-state index is 12.7. The molecule has 1 aromatic carbocycles. The van der Waals surface area contributed by atoms with Gasteiger partial charge >= 0.3 is 0 Å². The number of anilines is 1. The van der Waals surface area contributed by atoms with Crippen LogP contribution in [0.2, 0.25) is 0 Å². The van der Waals surface area contributed by atoms with Crippen LogP contribution in [0.5, 0.6) is 0 Å². The average Bonchev–Trinajstić information content (AvgIpc) is 2.83. The Kier molecular flexibility index (Phi) is 8.59. The van der Waals surface area contributed by atoms with E-state index in [0.29, 0.717) is 11.4 Å². The van der Waals surface area contributed by atoms with Crippen LogP contribution in [0, 0.1) is 0 Å². The van der Waals surface area contributed by atoms with Crippen LogP contribution < -0.4 is 16.2 Å². The first kappa shape index (κ1) is 22.5. The molecule has 8 nitrogen and oxygen atoms in total. The summed E-state index contributed by atoms with van der Waals surface area (Å²) in [6.45, 7) is 2.74. The van der Waals surface area contributed by atoms with E-state index in [1.165, 1.54) is 18.0 Å². The molecule has 162 valence electrons. The Bertz CT molecular complexity index is 950. The SMILES string of the molecule is COCCCNCCCc1ccc(-c2cncc(C(=O)N(N)c3cccnc3)n2)cc1. The molecule has 0 unspecified atom stereocenters. The zero-order valence-electron chi connectivity index (χ0n) is 17.7. The van der Waals surface area contributed by atoms with Crippen molar-refractivity contribution >= 4 is 11.6 Å². The lowest BCUT2D eigenvalue weighted by Gasteiger charge is -2.15. The molecule has 0 aliphatic carbocycles.